The van der Waals surface area contributed by atoms with Gasteiger partial charge in [0.1, 0.15) is 25.6 Å². The van der Waals surface area contributed by atoms with E-state index in [-0.39, 0.29) is 5.91 Å². The second-order valence-electron chi connectivity index (χ2n) is 7.48. The van der Waals surface area contributed by atoms with Gasteiger partial charge in [-0.05, 0) is 48.2 Å². The number of carbonyl (C=O) groups is 1. The van der Waals surface area contributed by atoms with Crippen molar-refractivity contribution in [1.82, 2.24) is 4.98 Å². The Morgan fingerprint density at radius 3 is 2.70 bits per heavy atom. The Kier molecular flexibility index (Phi) is 6.04. The second kappa shape index (κ2) is 8.72. The summed E-state index contributed by atoms with van der Waals surface area (Å²) < 4.78 is 0. The van der Waals surface area contributed by atoms with E-state index in [1.807, 2.05) is 41.8 Å². The molecule has 0 atom stereocenters. The predicted octanol–water partition coefficient (Wildman–Crippen LogP) is 4.41. The first-order valence-electron chi connectivity index (χ1n) is 10.0. The SMILES string of the molecule is CC[P+]1(O)CCN(c2ccc(C(=O)Nc3cc(-c4cccs4)ccc3N)cn2)CC1. The summed E-state index contributed by atoms with van der Waals surface area (Å²) in [5.74, 6) is 0.599. The van der Waals surface area contributed by atoms with Crippen LogP contribution in [0.15, 0.2) is 54.0 Å². The first kappa shape index (κ1) is 20.8. The van der Waals surface area contributed by atoms with E-state index in [1.54, 1.807) is 23.6 Å². The highest BCUT2D eigenvalue weighted by Crippen LogP contribution is 2.55. The van der Waals surface area contributed by atoms with E-state index in [1.165, 1.54) is 0 Å². The summed E-state index contributed by atoms with van der Waals surface area (Å²) in [4.78, 5) is 31.0. The topological polar surface area (TPSA) is 91.5 Å². The zero-order valence-corrected chi connectivity index (χ0v) is 18.6. The number of thiophene rings is 1. The third-order valence-electron chi connectivity index (χ3n) is 5.60. The number of amides is 1. The van der Waals surface area contributed by atoms with Crippen molar-refractivity contribution in [2.75, 3.05) is 47.5 Å². The number of aromatic nitrogens is 1. The molecule has 1 saturated heterocycles. The van der Waals surface area contributed by atoms with Crippen LogP contribution in [0.2, 0.25) is 0 Å². The van der Waals surface area contributed by atoms with Crippen molar-refractivity contribution >= 4 is 41.9 Å². The fourth-order valence-corrected chi connectivity index (χ4v) is 6.35. The van der Waals surface area contributed by atoms with Crippen molar-refractivity contribution < 1.29 is 9.69 Å². The van der Waals surface area contributed by atoms with Gasteiger partial charge in [0, 0.05) is 11.1 Å². The number of benzene rings is 1. The molecule has 0 spiro atoms. The number of pyridine rings is 1. The van der Waals surface area contributed by atoms with Crippen LogP contribution in [0.1, 0.15) is 17.3 Å². The molecule has 156 valence electrons. The van der Waals surface area contributed by atoms with Crippen molar-refractivity contribution in [2.24, 2.45) is 0 Å². The lowest BCUT2D eigenvalue weighted by atomic mass is 10.1. The molecule has 0 saturated carbocycles. The molecule has 1 amide bonds. The van der Waals surface area contributed by atoms with Gasteiger partial charge in [-0.15, -0.1) is 11.3 Å². The van der Waals surface area contributed by atoms with Crippen molar-refractivity contribution in [3.63, 3.8) is 0 Å². The lowest BCUT2D eigenvalue weighted by Crippen LogP contribution is -2.37. The highest BCUT2D eigenvalue weighted by atomic mass is 32.1. The first-order chi connectivity index (χ1) is 14.5. The summed E-state index contributed by atoms with van der Waals surface area (Å²) in [6.07, 6.45) is 4.16. The van der Waals surface area contributed by atoms with Crippen LogP contribution < -0.4 is 16.0 Å². The number of nitrogens with two attached hydrogens (primary N) is 1. The Hall–Kier alpha value is -2.47. The Morgan fingerprint density at radius 1 is 1.27 bits per heavy atom. The average molecular weight is 442 g/mol. The highest BCUT2D eigenvalue weighted by molar-refractivity contribution is 7.70. The van der Waals surface area contributed by atoms with Gasteiger partial charge in [-0.3, -0.25) is 9.69 Å². The minimum Gasteiger partial charge on any atom is -0.397 e. The Morgan fingerprint density at radius 2 is 2.07 bits per heavy atom. The summed E-state index contributed by atoms with van der Waals surface area (Å²) >= 11 is 1.64. The van der Waals surface area contributed by atoms with E-state index in [4.69, 9.17) is 5.73 Å². The lowest BCUT2D eigenvalue weighted by molar-refractivity contribution is 0.102. The summed E-state index contributed by atoms with van der Waals surface area (Å²) in [5, 5.41) is 4.92. The fraction of sp³-hybridized carbons (Fsp3) is 0.273. The van der Waals surface area contributed by atoms with Crippen LogP contribution in [0.3, 0.4) is 0 Å². The molecule has 1 aliphatic heterocycles. The molecule has 0 unspecified atom stereocenters. The number of hydrogen-bond acceptors (Lipinski definition) is 6. The molecule has 1 aromatic carbocycles. The standard InChI is InChI=1S/C22H25N4O2PS/c1-2-29(28)11-9-26(10-12-29)21-8-6-17(15-24-21)22(27)25-19-14-16(5-7-18(19)23)20-4-3-13-30-20/h3-8,13-15,28H,2,9-12,23H2,1H3/p+1. The third kappa shape index (κ3) is 4.48. The number of rotatable bonds is 5. The number of hydrogen-bond donors (Lipinski definition) is 3. The van der Waals surface area contributed by atoms with E-state index in [0.717, 1.165) is 47.8 Å². The number of nitrogens with one attached hydrogen (secondary N) is 1. The molecule has 0 radical (unpaired) electrons. The Balaban J connectivity index is 1.44. The minimum atomic E-state index is -1.74. The van der Waals surface area contributed by atoms with Gasteiger partial charge >= 0.3 is 0 Å². The molecule has 4 rings (SSSR count). The maximum atomic E-state index is 12.7. The lowest BCUT2D eigenvalue weighted by Gasteiger charge is -2.32. The van der Waals surface area contributed by atoms with E-state index < -0.39 is 7.49 Å². The van der Waals surface area contributed by atoms with Gasteiger partial charge < -0.3 is 16.0 Å². The van der Waals surface area contributed by atoms with Crippen LogP contribution in [-0.4, -0.2) is 47.4 Å². The van der Waals surface area contributed by atoms with Crippen LogP contribution in [0.5, 0.6) is 0 Å². The smallest absolute Gasteiger partial charge is 0.257 e. The van der Waals surface area contributed by atoms with E-state index >= 15 is 0 Å². The average Bonchev–Trinajstić information content (AvgIpc) is 3.31. The van der Waals surface area contributed by atoms with Crippen LogP contribution >= 0.6 is 18.8 Å². The second-order valence-corrected chi connectivity index (χ2v) is 12.1. The van der Waals surface area contributed by atoms with E-state index in [2.05, 4.69) is 22.1 Å². The number of nitrogens with zero attached hydrogens (tertiary/aromatic N) is 2. The zero-order valence-electron chi connectivity index (χ0n) is 16.9. The molecule has 0 bridgehead atoms. The van der Waals surface area contributed by atoms with Gasteiger partial charge in [0.05, 0.1) is 36.2 Å². The molecular weight excluding hydrogens is 415 g/mol. The molecule has 1 aliphatic rings. The summed E-state index contributed by atoms with van der Waals surface area (Å²) in [7, 11) is -1.74. The maximum Gasteiger partial charge on any atom is 0.257 e. The molecule has 1 fully saturated rings. The zero-order chi connectivity index (χ0) is 21.1. The number of anilines is 3. The number of nitrogen functional groups attached to an aromatic ring is 1. The van der Waals surface area contributed by atoms with Crippen LogP contribution in [0.25, 0.3) is 10.4 Å². The fourth-order valence-electron chi connectivity index (χ4n) is 3.55. The van der Waals surface area contributed by atoms with Crippen LogP contribution in [-0.2, 0) is 0 Å². The minimum absolute atomic E-state index is 0.242. The van der Waals surface area contributed by atoms with E-state index in [0.29, 0.717) is 16.9 Å². The molecule has 3 heterocycles. The molecule has 4 N–H and O–H groups in total. The molecule has 2 aromatic heterocycles. The largest absolute Gasteiger partial charge is 0.397 e. The Labute approximate surface area is 181 Å². The van der Waals surface area contributed by atoms with E-state index in [9.17, 15) is 9.69 Å². The van der Waals surface area contributed by atoms with Gasteiger partial charge in [0.25, 0.3) is 5.91 Å². The Bertz CT molecular complexity index is 1020. The molecule has 30 heavy (non-hydrogen) atoms. The van der Waals surface area contributed by atoms with Gasteiger partial charge in [-0.25, -0.2) is 4.98 Å². The summed E-state index contributed by atoms with van der Waals surface area (Å²) in [5.41, 5.74) is 8.68. The highest BCUT2D eigenvalue weighted by Gasteiger charge is 2.38. The predicted molar refractivity (Wildman–Crippen MR) is 128 cm³/mol. The number of carbonyl (C=O) groups excluding carboxylic acids is 1. The van der Waals surface area contributed by atoms with Crippen molar-refractivity contribution in [2.45, 2.75) is 6.92 Å². The molecule has 8 heteroatoms. The molecule has 3 aromatic rings. The quantitative estimate of drug-likeness (QED) is 0.403. The van der Waals surface area contributed by atoms with Gasteiger partial charge in [0.2, 0.25) is 0 Å². The third-order valence-corrected chi connectivity index (χ3v) is 9.76. The van der Waals surface area contributed by atoms with Crippen molar-refractivity contribution in [3.05, 3.63) is 59.6 Å². The van der Waals surface area contributed by atoms with Gasteiger partial charge in [-0.2, -0.15) is 0 Å². The summed E-state index contributed by atoms with van der Waals surface area (Å²) in [6.45, 7) is 3.68. The van der Waals surface area contributed by atoms with Crippen molar-refractivity contribution in [3.8, 4) is 10.4 Å². The van der Waals surface area contributed by atoms with Gasteiger partial charge in [0.15, 0.2) is 0 Å². The molecule has 0 aliphatic carbocycles. The van der Waals surface area contributed by atoms with Crippen LogP contribution in [0.4, 0.5) is 17.2 Å². The first-order valence-corrected chi connectivity index (χ1v) is 13.2. The van der Waals surface area contributed by atoms with Gasteiger partial charge in [-0.1, -0.05) is 12.1 Å². The summed E-state index contributed by atoms with van der Waals surface area (Å²) in [6, 6.07) is 13.3. The monoisotopic (exact) mass is 441 g/mol. The van der Waals surface area contributed by atoms with Crippen LogP contribution in [0, 0.1) is 0 Å². The molecule has 6 nitrogen and oxygen atoms in total. The maximum absolute atomic E-state index is 12.7. The molecular formula is C22H26N4O2PS+. The van der Waals surface area contributed by atoms with Crippen molar-refractivity contribution in [1.29, 1.82) is 0 Å². The normalized spacial score (nSPS) is 15.7.